The number of para-hydroxylation sites is 2. The van der Waals surface area contributed by atoms with Crippen LogP contribution in [0.4, 0.5) is 11.4 Å². The molecule has 1 heterocycles. The number of unbranched alkanes of at least 4 members (excludes halogenated alkanes) is 12. The largest absolute Gasteiger partial charge is 0.397 e. The number of aliphatic hydroxyl groups excluding tert-OH is 1. The highest BCUT2D eigenvalue weighted by molar-refractivity contribution is 5.93. The molecular weight excluding hydrogens is 713 g/mol. The summed E-state index contributed by atoms with van der Waals surface area (Å²) in [5, 5.41) is 15.5. The number of nitrogen functional groups attached to an aromatic ring is 1. The SMILES string of the molecule is CCCCCCCCN(CCCCCCCC)C[C@@H]1C[C@H](c2ccc(CO)cc2)O[C@H](c2ccc(CNC(=O)CCCCCC(=O)Nc3ccccc3N)cc2)O1. The standard InChI is InChI=1S/C48H72N4O5/c1-3-5-7-9-11-18-32-52(33-19-12-10-8-6-4-2)36-42-34-45(40-28-26-39(37-53)27-29-40)57-48(56-42)41-30-24-38(25-31-41)35-50-46(54)22-14-13-15-23-47(55)51-44-21-17-16-20-43(44)49/h16-17,20-21,24-31,42,45,48,53H,3-15,18-19,22-23,32-37,49H2,1-2H3,(H,50,54)(H,51,55)/t42-,45+,48+/m0/s1. The summed E-state index contributed by atoms with van der Waals surface area (Å²) in [5.41, 5.74) is 11.1. The topological polar surface area (TPSA) is 126 Å². The number of amides is 2. The Morgan fingerprint density at radius 2 is 1.25 bits per heavy atom. The minimum absolute atomic E-state index is 0.00362. The number of nitrogens with two attached hydrogens (primary N) is 1. The van der Waals surface area contributed by atoms with Crippen molar-refractivity contribution in [2.45, 2.75) is 161 Å². The maximum atomic E-state index is 12.6. The predicted molar refractivity (Wildman–Crippen MR) is 232 cm³/mol. The number of aliphatic hydroxyl groups is 1. The van der Waals surface area contributed by atoms with Gasteiger partial charge in [-0.05, 0) is 67.6 Å². The molecular formula is C48H72N4O5. The molecule has 5 N–H and O–H groups in total. The molecule has 1 aliphatic rings. The number of nitrogens with one attached hydrogen (secondary N) is 2. The van der Waals surface area contributed by atoms with E-state index >= 15 is 0 Å². The van der Waals surface area contributed by atoms with Gasteiger partial charge in [-0.1, -0.05) is 145 Å². The molecule has 9 heteroatoms. The number of carbonyl (C=O) groups excluding carboxylic acids is 2. The van der Waals surface area contributed by atoms with Crippen LogP contribution in [0.15, 0.2) is 72.8 Å². The fourth-order valence-electron chi connectivity index (χ4n) is 7.50. The first-order valence-corrected chi connectivity index (χ1v) is 22.1. The Labute approximate surface area is 343 Å². The van der Waals surface area contributed by atoms with Crippen LogP contribution in [-0.4, -0.2) is 47.6 Å². The lowest BCUT2D eigenvalue weighted by molar-refractivity contribution is -0.253. The van der Waals surface area contributed by atoms with Gasteiger partial charge in [-0.3, -0.25) is 9.59 Å². The summed E-state index contributed by atoms with van der Waals surface area (Å²) in [4.78, 5) is 27.5. The van der Waals surface area contributed by atoms with E-state index in [1.54, 1.807) is 12.1 Å². The molecule has 1 aliphatic heterocycles. The number of nitrogens with zero attached hydrogens (tertiary/aromatic N) is 1. The summed E-state index contributed by atoms with van der Waals surface area (Å²) in [6.45, 7) is 8.10. The molecule has 0 radical (unpaired) electrons. The average Bonchev–Trinajstić information content (AvgIpc) is 3.23. The van der Waals surface area contributed by atoms with Gasteiger partial charge in [0.15, 0.2) is 6.29 Å². The molecule has 1 fully saturated rings. The van der Waals surface area contributed by atoms with Gasteiger partial charge in [0.05, 0.1) is 30.2 Å². The van der Waals surface area contributed by atoms with Gasteiger partial charge in [0.2, 0.25) is 11.8 Å². The van der Waals surface area contributed by atoms with Gasteiger partial charge in [-0.25, -0.2) is 0 Å². The van der Waals surface area contributed by atoms with E-state index in [9.17, 15) is 14.7 Å². The smallest absolute Gasteiger partial charge is 0.224 e. The van der Waals surface area contributed by atoms with Gasteiger partial charge < -0.3 is 35.8 Å². The molecule has 57 heavy (non-hydrogen) atoms. The third-order valence-corrected chi connectivity index (χ3v) is 11.0. The second-order valence-corrected chi connectivity index (χ2v) is 15.9. The average molecular weight is 785 g/mol. The highest BCUT2D eigenvalue weighted by atomic mass is 16.7. The van der Waals surface area contributed by atoms with Crippen molar-refractivity contribution in [3.63, 3.8) is 0 Å². The number of carbonyl (C=O) groups is 2. The molecule has 3 atom stereocenters. The zero-order chi connectivity index (χ0) is 40.5. The molecule has 0 saturated carbocycles. The van der Waals surface area contributed by atoms with Crippen molar-refractivity contribution in [1.29, 1.82) is 0 Å². The van der Waals surface area contributed by atoms with E-state index in [2.05, 4.69) is 53.6 Å². The fourth-order valence-corrected chi connectivity index (χ4v) is 7.50. The zero-order valence-electron chi connectivity index (χ0n) is 35.0. The Bertz CT molecular complexity index is 1530. The summed E-state index contributed by atoms with van der Waals surface area (Å²) >= 11 is 0. The fraction of sp³-hybridized carbons (Fsp3) is 0.583. The van der Waals surface area contributed by atoms with Crippen molar-refractivity contribution in [3.8, 4) is 0 Å². The zero-order valence-corrected chi connectivity index (χ0v) is 35.0. The van der Waals surface area contributed by atoms with Crippen molar-refractivity contribution in [1.82, 2.24) is 10.2 Å². The Hall–Kier alpha value is -3.76. The minimum atomic E-state index is -0.507. The van der Waals surface area contributed by atoms with Crippen LogP contribution in [0.5, 0.6) is 0 Å². The number of benzene rings is 3. The van der Waals surface area contributed by atoms with Gasteiger partial charge in [0.1, 0.15) is 0 Å². The third-order valence-electron chi connectivity index (χ3n) is 11.0. The predicted octanol–water partition coefficient (Wildman–Crippen LogP) is 10.5. The molecule has 3 aromatic carbocycles. The van der Waals surface area contributed by atoms with Crippen LogP contribution in [0.2, 0.25) is 0 Å². The summed E-state index contributed by atoms with van der Waals surface area (Å²) in [7, 11) is 0. The number of anilines is 2. The van der Waals surface area contributed by atoms with Crippen molar-refractivity contribution in [2.75, 3.05) is 30.7 Å². The van der Waals surface area contributed by atoms with E-state index in [0.717, 1.165) is 61.2 Å². The number of hydrogen-bond acceptors (Lipinski definition) is 7. The molecule has 0 spiro atoms. The lowest BCUT2D eigenvalue weighted by Crippen LogP contribution is -2.40. The summed E-state index contributed by atoms with van der Waals surface area (Å²) < 4.78 is 13.4. The highest BCUT2D eigenvalue weighted by Crippen LogP contribution is 2.38. The van der Waals surface area contributed by atoms with Crippen molar-refractivity contribution in [3.05, 3.63) is 95.1 Å². The van der Waals surface area contributed by atoms with Crippen LogP contribution in [0, 0.1) is 0 Å². The molecule has 2 amide bonds. The molecule has 0 aromatic heterocycles. The highest BCUT2D eigenvalue weighted by Gasteiger charge is 2.33. The monoisotopic (exact) mass is 785 g/mol. The molecule has 1 saturated heterocycles. The second kappa shape index (κ2) is 27.0. The molecule has 0 bridgehead atoms. The molecule has 0 unspecified atom stereocenters. The van der Waals surface area contributed by atoms with Gasteiger partial charge in [-0.15, -0.1) is 0 Å². The lowest BCUT2D eigenvalue weighted by atomic mass is 9.99. The first-order chi connectivity index (χ1) is 27.9. The lowest BCUT2D eigenvalue weighted by Gasteiger charge is -2.38. The molecule has 9 nitrogen and oxygen atoms in total. The van der Waals surface area contributed by atoms with Crippen molar-refractivity contribution >= 4 is 23.2 Å². The van der Waals surface area contributed by atoms with E-state index < -0.39 is 6.29 Å². The maximum absolute atomic E-state index is 12.6. The van der Waals surface area contributed by atoms with Gasteiger partial charge >= 0.3 is 0 Å². The summed E-state index contributed by atoms with van der Waals surface area (Å²) in [6, 6.07) is 23.5. The van der Waals surface area contributed by atoms with Crippen molar-refractivity contribution < 1.29 is 24.2 Å². The molecule has 4 rings (SSSR count). The van der Waals surface area contributed by atoms with E-state index in [1.165, 1.54) is 77.0 Å². The second-order valence-electron chi connectivity index (χ2n) is 15.9. The van der Waals surface area contributed by atoms with Gasteiger partial charge in [-0.2, -0.15) is 0 Å². The Morgan fingerprint density at radius 3 is 1.88 bits per heavy atom. The van der Waals surface area contributed by atoms with Crippen LogP contribution in [0.3, 0.4) is 0 Å². The van der Waals surface area contributed by atoms with E-state index in [1.807, 2.05) is 36.4 Å². The number of ether oxygens (including phenoxy) is 2. The molecule has 314 valence electrons. The maximum Gasteiger partial charge on any atom is 0.224 e. The Morgan fingerprint density at radius 1 is 0.684 bits per heavy atom. The molecule has 0 aliphatic carbocycles. The quantitative estimate of drug-likeness (QED) is 0.0427. The van der Waals surface area contributed by atoms with Crippen LogP contribution in [0.25, 0.3) is 0 Å². The Balaban J connectivity index is 1.29. The van der Waals surface area contributed by atoms with Gasteiger partial charge in [0.25, 0.3) is 0 Å². The number of hydrogen-bond donors (Lipinski definition) is 4. The van der Waals surface area contributed by atoms with E-state index in [0.29, 0.717) is 37.2 Å². The summed E-state index contributed by atoms with van der Waals surface area (Å²) in [6.07, 6.45) is 18.7. The first kappa shape index (κ1) is 45.9. The number of rotatable bonds is 28. The Kier molecular flexibility index (Phi) is 21.8. The minimum Gasteiger partial charge on any atom is -0.397 e. The first-order valence-electron chi connectivity index (χ1n) is 22.1. The van der Waals surface area contributed by atoms with Crippen LogP contribution >= 0.6 is 0 Å². The summed E-state index contributed by atoms with van der Waals surface area (Å²) in [5.74, 6) is -0.0644. The van der Waals surface area contributed by atoms with Crippen LogP contribution < -0.4 is 16.4 Å². The third kappa shape index (κ3) is 17.7. The molecule has 3 aromatic rings. The normalized spacial score (nSPS) is 16.8. The van der Waals surface area contributed by atoms with E-state index in [4.69, 9.17) is 15.2 Å². The van der Waals surface area contributed by atoms with Gasteiger partial charge in [0, 0.05) is 37.9 Å². The van der Waals surface area contributed by atoms with Crippen molar-refractivity contribution in [2.24, 2.45) is 0 Å². The van der Waals surface area contributed by atoms with Crippen LogP contribution in [-0.2, 0) is 32.2 Å². The van der Waals surface area contributed by atoms with E-state index in [-0.39, 0.29) is 30.6 Å². The van der Waals surface area contributed by atoms with Crippen LogP contribution in [0.1, 0.15) is 164 Å².